The van der Waals surface area contributed by atoms with E-state index in [2.05, 4.69) is 10.5 Å². The number of urea groups is 1. The Hall–Kier alpha value is -2.57. The third-order valence-corrected chi connectivity index (χ3v) is 3.93. The normalized spacial score (nSPS) is 18.1. The molecule has 7 heteroatoms. The maximum Gasteiger partial charge on any atom is 0.324 e. The van der Waals surface area contributed by atoms with Gasteiger partial charge in [-0.1, -0.05) is 17.3 Å². The highest BCUT2D eigenvalue weighted by molar-refractivity contribution is 5.88. The smallest absolute Gasteiger partial charge is 0.324 e. The standard InChI is InChI=1S/C16H19FN4O2/c1-11-9-15(23-19-11)18-16(22)20-7-8-21(12(2)10-20)14-6-4-3-5-13(14)17/h3-6,9,12H,7-8,10H2,1-2H3,(H,18,22)/t12-/m1/s1. The van der Waals surface area contributed by atoms with Gasteiger partial charge >= 0.3 is 6.03 Å². The minimum Gasteiger partial charge on any atom is -0.363 e. The Morgan fingerprint density at radius 3 is 2.83 bits per heavy atom. The van der Waals surface area contributed by atoms with E-state index in [1.54, 1.807) is 30.0 Å². The molecule has 0 radical (unpaired) electrons. The third-order valence-electron chi connectivity index (χ3n) is 3.93. The lowest BCUT2D eigenvalue weighted by molar-refractivity contribution is 0.199. The molecule has 1 aliphatic heterocycles. The average molecular weight is 318 g/mol. The molecule has 2 aromatic rings. The van der Waals surface area contributed by atoms with Crippen LogP contribution in [0.5, 0.6) is 0 Å². The molecule has 0 spiro atoms. The van der Waals surface area contributed by atoms with E-state index in [0.29, 0.717) is 36.9 Å². The fourth-order valence-electron chi connectivity index (χ4n) is 2.79. The molecule has 1 fully saturated rings. The van der Waals surface area contributed by atoms with Crippen LogP contribution in [-0.4, -0.2) is 41.8 Å². The summed E-state index contributed by atoms with van der Waals surface area (Å²) in [5.41, 5.74) is 1.28. The van der Waals surface area contributed by atoms with Gasteiger partial charge in [-0.2, -0.15) is 0 Å². The van der Waals surface area contributed by atoms with E-state index in [9.17, 15) is 9.18 Å². The first-order valence-corrected chi connectivity index (χ1v) is 7.55. The van der Waals surface area contributed by atoms with E-state index in [4.69, 9.17) is 4.52 Å². The summed E-state index contributed by atoms with van der Waals surface area (Å²) in [6.45, 7) is 5.36. The van der Waals surface area contributed by atoms with Crippen molar-refractivity contribution in [2.75, 3.05) is 29.9 Å². The van der Waals surface area contributed by atoms with Gasteiger partial charge in [0, 0.05) is 31.7 Å². The van der Waals surface area contributed by atoms with Crippen LogP contribution in [0.15, 0.2) is 34.9 Å². The van der Waals surface area contributed by atoms with Crippen LogP contribution in [0.3, 0.4) is 0 Å². The van der Waals surface area contributed by atoms with Crippen molar-refractivity contribution in [2.24, 2.45) is 0 Å². The highest BCUT2D eigenvalue weighted by atomic mass is 19.1. The zero-order valence-electron chi connectivity index (χ0n) is 13.1. The van der Waals surface area contributed by atoms with Gasteiger partial charge in [0.05, 0.1) is 11.4 Å². The number of amides is 2. The van der Waals surface area contributed by atoms with Crippen LogP contribution in [0, 0.1) is 12.7 Å². The number of piperazine rings is 1. The summed E-state index contributed by atoms with van der Waals surface area (Å²) in [5.74, 6) is 0.0890. The number of rotatable bonds is 2. The Balaban J connectivity index is 1.64. The minimum absolute atomic E-state index is 0.0165. The second kappa shape index (κ2) is 6.28. The number of aryl methyl sites for hydroxylation is 1. The fraction of sp³-hybridized carbons (Fsp3) is 0.375. The summed E-state index contributed by atoms with van der Waals surface area (Å²) in [6, 6.07) is 8.15. The molecule has 0 saturated carbocycles. The monoisotopic (exact) mass is 318 g/mol. The molecule has 23 heavy (non-hydrogen) atoms. The van der Waals surface area contributed by atoms with E-state index in [1.165, 1.54) is 6.07 Å². The molecule has 1 saturated heterocycles. The first-order chi connectivity index (χ1) is 11.0. The summed E-state index contributed by atoms with van der Waals surface area (Å²) < 4.78 is 18.9. The molecule has 0 aliphatic carbocycles. The number of carbonyl (C=O) groups excluding carboxylic acids is 1. The summed E-state index contributed by atoms with van der Waals surface area (Å²) in [4.78, 5) is 15.9. The van der Waals surface area contributed by atoms with Gasteiger partial charge in [-0.25, -0.2) is 9.18 Å². The summed E-state index contributed by atoms with van der Waals surface area (Å²) in [6.07, 6.45) is 0. The van der Waals surface area contributed by atoms with Crippen LogP contribution in [0.2, 0.25) is 0 Å². The van der Waals surface area contributed by atoms with Crippen molar-refractivity contribution >= 4 is 17.6 Å². The van der Waals surface area contributed by atoms with Crippen LogP contribution < -0.4 is 10.2 Å². The Bertz CT molecular complexity index is 703. The number of halogens is 1. The van der Waals surface area contributed by atoms with Gasteiger partial charge in [0.1, 0.15) is 5.82 Å². The molecule has 1 aromatic heterocycles. The number of carbonyl (C=O) groups is 1. The molecule has 0 bridgehead atoms. The van der Waals surface area contributed by atoms with Crippen LogP contribution >= 0.6 is 0 Å². The molecule has 2 heterocycles. The van der Waals surface area contributed by atoms with E-state index in [1.807, 2.05) is 17.9 Å². The molecule has 0 unspecified atom stereocenters. The highest BCUT2D eigenvalue weighted by Gasteiger charge is 2.28. The Labute approximate surface area is 133 Å². The second-order valence-electron chi connectivity index (χ2n) is 5.70. The molecule has 1 atom stereocenters. The van der Waals surface area contributed by atoms with Gasteiger partial charge < -0.3 is 14.3 Å². The van der Waals surface area contributed by atoms with E-state index in [0.717, 1.165) is 0 Å². The van der Waals surface area contributed by atoms with Gasteiger partial charge in [0.15, 0.2) is 0 Å². The topological polar surface area (TPSA) is 61.6 Å². The molecule has 1 N–H and O–H groups in total. The Kier molecular flexibility index (Phi) is 4.18. The number of anilines is 2. The minimum atomic E-state index is -0.241. The molecule has 122 valence electrons. The molecule has 6 nitrogen and oxygen atoms in total. The average Bonchev–Trinajstić information content (AvgIpc) is 2.93. The number of aromatic nitrogens is 1. The summed E-state index contributed by atoms with van der Waals surface area (Å²) in [7, 11) is 0. The second-order valence-corrected chi connectivity index (χ2v) is 5.70. The molecule has 1 aromatic carbocycles. The van der Waals surface area contributed by atoms with Gasteiger partial charge in [-0.3, -0.25) is 5.32 Å². The molecule has 2 amide bonds. The zero-order valence-corrected chi connectivity index (χ0v) is 13.1. The maximum absolute atomic E-state index is 13.9. The number of nitrogens with zero attached hydrogens (tertiary/aromatic N) is 3. The van der Waals surface area contributed by atoms with Crippen molar-refractivity contribution in [3.63, 3.8) is 0 Å². The van der Waals surface area contributed by atoms with Crippen molar-refractivity contribution < 1.29 is 13.7 Å². The molecule has 3 rings (SSSR count). The maximum atomic E-state index is 13.9. The van der Waals surface area contributed by atoms with Crippen LogP contribution in [0.1, 0.15) is 12.6 Å². The fourth-order valence-corrected chi connectivity index (χ4v) is 2.79. The third kappa shape index (κ3) is 3.28. The Morgan fingerprint density at radius 2 is 2.17 bits per heavy atom. The largest absolute Gasteiger partial charge is 0.363 e. The van der Waals surface area contributed by atoms with Crippen LogP contribution in [0.25, 0.3) is 0 Å². The van der Waals surface area contributed by atoms with Crippen molar-refractivity contribution in [3.8, 4) is 0 Å². The van der Waals surface area contributed by atoms with Crippen molar-refractivity contribution in [1.82, 2.24) is 10.1 Å². The molecule has 1 aliphatic rings. The number of hydrogen-bond donors (Lipinski definition) is 1. The number of nitrogens with one attached hydrogen (secondary N) is 1. The van der Waals surface area contributed by atoms with Crippen molar-refractivity contribution in [1.29, 1.82) is 0 Å². The lowest BCUT2D eigenvalue weighted by Crippen LogP contribution is -2.55. The molecular formula is C16H19FN4O2. The zero-order chi connectivity index (χ0) is 16.4. The van der Waals surface area contributed by atoms with E-state index in [-0.39, 0.29) is 17.9 Å². The first-order valence-electron chi connectivity index (χ1n) is 7.55. The van der Waals surface area contributed by atoms with Crippen LogP contribution in [-0.2, 0) is 0 Å². The highest BCUT2D eigenvalue weighted by Crippen LogP contribution is 2.24. The van der Waals surface area contributed by atoms with Crippen molar-refractivity contribution in [3.05, 3.63) is 41.8 Å². The summed E-state index contributed by atoms with van der Waals surface area (Å²) in [5, 5.41) is 6.42. The SMILES string of the molecule is Cc1cc(NC(=O)N2CCN(c3ccccc3F)[C@H](C)C2)on1. The number of para-hydroxylation sites is 1. The number of benzene rings is 1. The molecular weight excluding hydrogens is 299 g/mol. The van der Waals surface area contributed by atoms with E-state index >= 15 is 0 Å². The summed E-state index contributed by atoms with van der Waals surface area (Å²) >= 11 is 0. The van der Waals surface area contributed by atoms with Gasteiger partial charge in [-0.15, -0.1) is 0 Å². The predicted octanol–water partition coefficient (Wildman–Crippen LogP) is 2.86. The van der Waals surface area contributed by atoms with Crippen molar-refractivity contribution in [2.45, 2.75) is 19.9 Å². The Morgan fingerprint density at radius 1 is 1.39 bits per heavy atom. The lowest BCUT2D eigenvalue weighted by atomic mass is 10.1. The van der Waals surface area contributed by atoms with Gasteiger partial charge in [-0.05, 0) is 26.0 Å². The van der Waals surface area contributed by atoms with Gasteiger partial charge in [0.2, 0.25) is 5.88 Å². The quantitative estimate of drug-likeness (QED) is 0.925. The lowest BCUT2D eigenvalue weighted by Gasteiger charge is -2.41. The van der Waals surface area contributed by atoms with Crippen LogP contribution in [0.4, 0.5) is 20.8 Å². The van der Waals surface area contributed by atoms with E-state index < -0.39 is 0 Å². The van der Waals surface area contributed by atoms with Gasteiger partial charge in [0.25, 0.3) is 0 Å². The first kappa shape index (κ1) is 15.3. The number of hydrogen-bond acceptors (Lipinski definition) is 4. The predicted molar refractivity (Wildman–Crippen MR) is 85.0 cm³/mol.